The van der Waals surface area contributed by atoms with Crippen molar-refractivity contribution in [2.75, 3.05) is 31.6 Å². The van der Waals surface area contributed by atoms with Gasteiger partial charge in [-0.1, -0.05) is 30.3 Å². The third-order valence-electron chi connectivity index (χ3n) is 5.60. The summed E-state index contributed by atoms with van der Waals surface area (Å²) in [5.74, 6) is -0.311. The molecule has 1 saturated heterocycles. The number of ketones is 1. The monoisotopic (exact) mass is 408 g/mol. The molecule has 1 fully saturated rings. The molecule has 0 spiro atoms. The third-order valence-corrected chi connectivity index (χ3v) is 5.60. The van der Waals surface area contributed by atoms with Gasteiger partial charge in [0, 0.05) is 31.3 Å². The van der Waals surface area contributed by atoms with E-state index in [1.807, 2.05) is 37.3 Å². The predicted molar refractivity (Wildman–Crippen MR) is 116 cm³/mol. The van der Waals surface area contributed by atoms with Crippen LogP contribution in [0.25, 0.3) is 0 Å². The summed E-state index contributed by atoms with van der Waals surface area (Å²) < 4.78 is 5.41. The maximum Gasteiger partial charge on any atom is 0.316 e. The van der Waals surface area contributed by atoms with Crippen LogP contribution >= 0.6 is 0 Å². The van der Waals surface area contributed by atoms with E-state index in [1.54, 1.807) is 24.3 Å². The number of hydrogen-bond acceptors (Lipinski definition) is 5. The molecule has 0 aromatic heterocycles. The van der Waals surface area contributed by atoms with Gasteiger partial charge in [0.15, 0.2) is 5.78 Å². The fraction of sp³-hybridized carbons (Fsp3) is 0.375. The number of carbonyl (C=O) groups excluding carboxylic acids is 3. The summed E-state index contributed by atoms with van der Waals surface area (Å²) in [4.78, 5) is 38.7. The molecule has 6 heteroatoms. The highest BCUT2D eigenvalue weighted by Gasteiger charge is 2.44. The molecule has 0 saturated carbocycles. The van der Waals surface area contributed by atoms with E-state index < -0.39 is 5.41 Å². The number of nitrogens with one attached hydrogen (secondary N) is 1. The number of piperidine rings is 1. The van der Waals surface area contributed by atoms with Crippen LogP contribution < -0.4 is 5.32 Å². The van der Waals surface area contributed by atoms with Gasteiger partial charge in [0.25, 0.3) is 0 Å². The topological polar surface area (TPSA) is 75.7 Å². The summed E-state index contributed by atoms with van der Waals surface area (Å²) in [7, 11) is 0. The lowest BCUT2D eigenvalue weighted by Gasteiger charge is -2.40. The Hall–Kier alpha value is -2.99. The molecule has 2 aromatic rings. The maximum atomic E-state index is 12.8. The molecule has 1 aliphatic heterocycles. The summed E-state index contributed by atoms with van der Waals surface area (Å²) in [6.07, 6.45) is 1.23. The zero-order valence-electron chi connectivity index (χ0n) is 17.5. The summed E-state index contributed by atoms with van der Waals surface area (Å²) in [6, 6.07) is 16.7. The first-order valence-electron chi connectivity index (χ1n) is 10.3. The summed E-state index contributed by atoms with van der Waals surface area (Å²) in [6.45, 7) is 5.20. The summed E-state index contributed by atoms with van der Waals surface area (Å²) in [5.41, 5.74) is 1.59. The smallest absolute Gasteiger partial charge is 0.316 e. The Morgan fingerprint density at radius 1 is 1.00 bits per heavy atom. The number of esters is 1. The first-order valence-corrected chi connectivity index (χ1v) is 10.3. The maximum absolute atomic E-state index is 12.8. The van der Waals surface area contributed by atoms with Crippen LogP contribution in [0.5, 0.6) is 0 Å². The Kier molecular flexibility index (Phi) is 7.00. The van der Waals surface area contributed by atoms with Gasteiger partial charge in [-0.2, -0.15) is 0 Å². The number of anilines is 1. The Morgan fingerprint density at radius 2 is 1.63 bits per heavy atom. The zero-order chi connectivity index (χ0) is 21.6. The Balaban J connectivity index is 1.65. The first-order chi connectivity index (χ1) is 14.4. The minimum Gasteiger partial charge on any atom is -0.465 e. The molecule has 2 aromatic carbocycles. The number of ether oxygens (including phenoxy) is 1. The van der Waals surface area contributed by atoms with Crippen LogP contribution in [0.3, 0.4) is 0 Å². The second-order valence-corrected chi connectivity index (χ2v) is 7.63. The molecular weight excluding hydrogens is 380 g/mol. The largest absolute Gasteiger partial charge is 0.465 e. The van der Waals surface area contributed by atoms with E-state index in [9.17, 15) is 14.4 Å². The van der Waals surface area contributed by atoms with Gasteiger partial charge in [-0.3, -0.25) is 19.3 Å². The molecule has 0 atom stereocenters. The van der Waals surface area contributed by atoms with Crippen LogP contribution in [0.15, 0.2) is 54.6 Å². The van der Waals surface area contributed by atoms with Crippen molar-refractivity contribution in [1.82, 2.24) is 4.90 Å². The van der Waals surface area contributed by atoms with Crippen molar-refractivity contribution < 1.29 is 19.1 Å². The van der Waals surface area contributed by atoms with Crippen molar-refractivity contribution in [3.05, 3.63) is 65.7 Å². The summed E-state index contributed by atoms with van der Waals surface area (Å²) >= 11 is 0. The van der Waals surface area contributed by atoms with Crippen molar-refractivity contribution in [3.63, 3.8) is 0 Å². The van der Waals surface area contributed by atoms with Crippen molar-refractivity contribution in [2.24, 2.45) is 0 Å². The molecule has 158 valence electrons. The van der Waals surface area contributed by atoms with Crippen LogP contribution in [0.2, 0.25) is 0 Å². The van der Waals surface area contributed by atoms with Crippen LogP contribution in [0.1, 0.15) is 42.6 Å². The van der Waals surface area contributed by atoms with Gasteiger partial charge in [-0.25, -0.2) is 0 Å². The Bertz CT molecular complexity index is 885. The zero-order valence-corrected chi connectivity index (χ0v) is 17.5. The second kappa shape index (κ2) is 9.67. The fourth-order valence-corrected chi connectivity index (χ4v) is 3.97. The van der Waals surface area contributed by atoms with Crippen molar-refractivity contribution in [3.8, 4) is 0 Å². The van der Waals surface area contributed by atoms with E-state index in [2.05, 4.69) is 10.2 Å². The molecule has 1 N–H and O–H groups in total. The number of rotatable bonds is 7. The third kappa shape index (κ3) is 4.94. The molecule has 3 rings (SSSR count). The van der Waals surface area contributed by atoms with Crippen LogP contribution in [-0.4, -0.2) is 48.8 Å². The molecule has 1 heterocycles. The molecule has 1 amide bonds. The van der Waals surface area contributed by atoms with Gasteiger partial charge in [-0.15, -0.1) is 0 Å². The van der Waals surface area contributed by atoms with Gasteiger partial charge < -0.3 is 10.1 Å². The average Bonchev–Trinajstić information content (AvgIpc) is 2.75. The van der Waals surface area contributed by atoms with Crippen molar-refractivity contribution in [2.45, 2.75) is 32.1 Å². The lowest BCUT2D eigenvalue weighted by molar-refractivity contribution is -0.152. The van der Waals surface area contributed by atoms with E-state index in [0.717, 1.165) is 5.56 Å². The first kappa shape index (κ1) is 21.7. The van der Waals surface area contributed by atoms with Crippen LogP contribution in [0, 0.1) is 0 Å². The number of amides is 1. The van der Waals surface area contributed by atoms with Crippen molar-refractivity contribution >= 4 is 23.3 Å². The van der Waals surface area contributed by atoms with Gasteiger partial charge in [0.1, 0.15) is 0 Å². The van der Waals surface area contributed by atoms with E-state index in [4.69, 9.17) is 4.74 Å². The normalized spacial score (nSPS) is 15.9. The molecule has 0 radical (unpaired) electrons. The molecule has 0 aliphatic carbocycles. The number of carbonyl (C=O) groups is 3. The molecule has 30 heavy (non-hydrogen) atoms. The molecule has 1 aliphatic rings. The van der Waals surface area contributed by atoms with Gasteiger partial charge >= 0.3 is 5.97 Å². The Labute approximate surface area is 177 Å². The number of nitrogens with zero attached hydrogens (tertiary/aromatic N) is 1. The van der Waals surface area contributed by atoms with E-state index in [-0.39, 0.29) is 17.7 Å². The SMILES string of the molecule is CCOC(=O)C1(c2ccccc2)CCN(CC(=O)c2ccc(NC(C)=O)cc2)CC1. The van der Waals surface area contributed by atoms with E-state index >= 15 is 0 Å². The van der Waals surface area contributed by atoms with Crippen molar-refractivity contribution in [1.29, 1.82) is 0 Å². The van der Waals surface area contributed by atoms with E-state index in [1.165, 1.54) is 6.92 Å². The van der Waals surface area contributed by atoms with Crippen LogP contribution in [-0.2, 0) is 19.7 Å². The lowest BCUT2D eigenvalue weighted by Crippen LogP contribution is -2.49. The summed E-state index contributed by atoms with van der Waals surface area (Å²) in [5, 5.41) is 2.69. The molecule has 0 unspecified atom stereocenters. The minimum atomic E-state index is -0.656. The minimum absolute atomic E-state index is 0.0210. The quantitative estimate of drug-likeness (QED) is 0.561. The average molecular weight is 408 g/mol. The van der Waals surface area contributed by atoms with Gasteiger partial charge in [-0.05, 0) is 49.6 Å². The standard InChI is InChI=1S/C24H28N2O4/c1-3-30-23(29)24(20-7-5-4-6-8-20)13-15-26(16-14-24)17-22(28)19-9-11-21(12-10-19)25-18(2)27/h4-12H,3,13-17H2,1-2H3,(H,25,27). The van der Waals surface area contributed by atoms with Gasteiger partial charge in [0.05, 0.1) is 18.6 Å². The molecule has 6 nitrogen and oxygen atoms in total. The Morgan fingerprint density at radius 3 is 2.20 bits per heavy atom. The number of likely N-dealkylation sites (tertiary alicyclic amines) is 1. The number of benzene rings is 2. The fourth-order valence-electron chi connectivity index (χ4n) is 3.97. The lowest BCUT2D eigenvalue weighted by atomic mass is 9.72. The molecular formula is C24H28N2O4. The van der Waals surface area contributed by atoms with Gasteiger partial charge in [0.2, 0.25) is 5.91 Å². The number of hydrogen-bond donors (Lipinski definition) is 1. The highest BCUT2D eigenvalue weighted by molar-refractivity contribution is 5.98. The van der Waals surface area contributed by atoms with Crippen LogP contribution in [0.4, 0.5) is 5.69 Å². The second-order valence-electron chi connectivity index (χ2n) is 7.63. The highest BCUT2D eigenvalue weighted by atomic mass is 16.5. The highest BCUT2D eigenvalue weighted by Crippen LogP contribution is 2.37. The predicted octanol–water partition coefficient (Wildman–Crippen LogP) is 3.42. The molecule has 0 bridgehead atoms. The van der Waals surface area contributed by atoms with E-state index in [0.29, 0.717) is 50.3 Å². The number of Topliss-reactive ketones (excluding diaryl/α,β-unsaturated/α-hetero) is 1.